The van der Waals surface area contributed by atoms with Gasteiger partial charge in [-0.15, -0.1) is 11.3 Å². The fourth-order valence-corrected chi connectivity index (χ4v) is 3.16. The lowest BCUT2D eigenvalue weighted by Crippen LogP contribution is -2.15. The first kappa shape index (κ1) is 21.1. The van der Waals surface area contributed by atoms with Crippen LogP contribution in [0, 0.1) is 0 Å². The van der Waals surface area contributed by atoms with Gasteiger partial charge < -0.3 is 24.3 Å². The van der Waals surface area contributed by atoms with E-state index in [1.165, 1.54) is 38.7 Å². The molecule has 3 rings (SSSR count). The predicted octanol–water partition coefficient (Wildman–Crippen LogP) is 3.78. The van der Waals surface area contributed by atoms with Crippen molar-refractivity contribution < 1.29 is 28.5 Å². The van der Waals surface area contributed by atoms with Crippen LogP contribution < -0.4 is 19.5 Å². The summed E-state index contributed by atoms with van der Waals surface area (Å²) >= 11 is 1.48. The zero-order valence-electron chi connectivity index (χ0n) is 16.6. The normalized spacial score (nSPS) is 10.2. The van der Waals surface area contributed by atoms with E-state index < -0.39 is 11.9 Å². The smallest absolute Gasteiger partial charge is 0.340 e. The Balaban J connectivity index is 1.79. The molecule has 0 saturated heterocycles. The largest absolute Gasteiger partial charge is 0.497 e. The van der Waals surface area contributed by atoms with Gasteiger partial charge in [-0.05, 0) is 36.4 Å². The molecule has 1 N–H and O–H groups in total. The molecular formula is C21H20N2O6S. The molecule has 1 aromatic heterocycles. The Morgan fingerprint density at radius 2 is 1.87 bits per heavy atom. The molecule has 0 fully saturated rings. The van der Waals surface area contributed by atoms with E-state index in [1.807, 2.05) is 5.38 Å². The Hall–Kier alpha value is -3.59. The summed E-state index contributed by atoms with van der Waals surface area (Å²) in [5, 5.41) is 4.61. The zero-order valence-corrected chi connectivity index (χ0v) is 17.4. The second-order valence-electron chi connectivity index (χ2n) is 5.99. The van der Waals surface area contributed by atoms with E-state index in [0.29, 0.717) is 35.1 Å². The number of aromatic nitrogens is 1. The van der Waals surface area contributed by atoms with Crippen LogP contribution in [0.2, 0.25) is 0 Å². The molecule has 0 aliphatic heterocycles. The number of hydrogen-bond donors (Lipinski definition) is 1. The molecule has 0 unspecified atom stereocenters. The van der Waals surface area contributed by atoms with Gasteiger partial charge in [0, 0.05) is 10.9 Å². The van der Waals surface area contributed by atoms with Crippen molar-refractivity contribution in [3.8, 4) is 17.2 Å². The van der Waals surface area contributed by atoms with Gasteiger partial charge in [-0.2, -0.15) is 0 Å². The predicted molar refractivity (Wildman–Crippen MR) is 112 cm³/mol. The van der Waals surface area contributed by atoms with Gasteiger partial charge in [0.1, 0.15) is 12.4 Å². The lowest BCUT2D eigenvalue weighted by Gasteiger charge is -2.13. The van der Waals surface area contributed by atoms with Crippen molar-refractivity contribution in [2.24, 2.45) is 0 Å². The summed E-state index contributed by atoms with van der Waals surface area (Å²) in [6.07, 6.45) is 0. The van der Waals surface area contributed by atoms with Crippen molar-refractivity contribution in [3.05, 3.63) is 64.1 Å². The molecule has 0 bridgehead atoms. The highest BCUT2D eigenvalue weighted by molar-refractivity contribution is 7.07. The van der Waals surface area contributed by atoms with Gasteiger partial charge >= 0.3 is 5.97 Å². The molecule has 1 heterocycles. The van der Waals surface area contributed by atoms with Gasteiger partial charge in [-0.25, -0.2) is 9.78 Å². The van der Waals surface area contributed by atoms with Gasteiger partial charge in [-0.3, -0.25) is 4.79 Å². The highest BCUT2D eigenvalue weighted by Gasteiger charge is 2.17. The lowest BCUT2D eigenvalue weighted by molar-refractivity contribution is 0.0601. The van der Waals surface area contributed by atoms with Gasteiger partial charge in [0.05, 0.1) is 43.8 Å². The van der Waals surface area contributed by atoms with Gasteiger partial charge in [0.15, 0.2) is 11.5 Å². The molecule has 2 aromatic carbocycles. The molecule has 0 spiro atoms. The molecule has 30 heavy (non-hydrogen) atoms. The maximum absolute atomic E-state index is 12.8. The Morgan fingerprint density at radius 3 is 2.53 bits per heavy atom. The molecule has 0 radical (unpaired) electrons. The van der Waals surface area contributed by atoms with E-state index in [1.54, 1.807) is 35.8 Å². The number of esters is 1. The van der Waals surface area contributed by atoms with Crippen LogP contribution in [-0.2, 0) is 11.3 Å². The number of anilines is 1. The van der Waals surface area contributed by atoms with Gasteiger partial charge in [0.2, 0.25) is 0 Å². The van der Waals surface area contributed by atoms with Crippen LogP contribution >= 0.6 is 11.3 Å². The van der Waals surface area contributed by atoms with E-state index in [2.05, 4.69) is 10.3 Å². The summed E-state index contributed by atoms with van der Waals surface area (Å²) in [5.74, 6) is 0.349. The van der Waals surface area contributed by atoms with Crippen molar-refractivity contribution in [2.45, 2.75) is 6.61 Å². The summed E-state index contributed by atoms with van der Waals surface area (Å²) in [5.41, 5.74) is 3.35. The number of carbonyl (C=O) groups is 2. The summed E-state index contributed by atoms with van der Waals surface area (Å²) in [4.78, 5) is 29.0. The fraction of sp³-hybridized carbons (Fsp3) is 0.190. The maximum Gasteiger partial charge on any atom is 0.340 e. The Morgan fingerprint density at radius 1 is 1.03 bits per heavy atom. The third-order valence-electron chi connectivity index (χ3n) is 4.17. The maximum atomic E-state index is 12.8. The number of benzene rings is 2. The number of nitrogens with zero attached hydrogens (tertiary/aromatic N) is 1. The van der Waals surface area contributed by atoms with E-state index in [0.717, 1.165) is 5.69 Å². The Labute approximate surface area is 177 Å². The van der Waals surface area contributed by atoms with Crippen molar-refractivity contribution in [1.29, 1.82) is 0 Å². The van der Waals surface area contributed by atoms with E-state index in [-0.39, 0.29) is 5.56 Å². The zero-order chi connectivity index (χ0) is 21.5. The number of carbonyl (C=O) groups excluding carboxylic acids is 2. The molecule has 0 aliphatic carbocycles. The van der Waals surface area contributed by atoms with Crippen molar-refractivity contribution in [3.63, 3.8) is 0 Å². The molecule has 156 valence electrons. The number of nitrogens with one attached hydrogen (secondary N) is 1. The highest BCUT2D eigenvalue weighted by atomic mass is 32.1. The van der Waals surface area contributed by atoms with Crippen LogP contribution in [-0.4, -0.2) is 38.2 Å². The minimum atomic E-state index is -0.590. The van der Waals surface area contributed by atoms with Crippen LogP contribution in [0.1, 0.15) is 26.4 Å². The number of ether oxygens (including phenoxy) is 4. The summed E-state index contributed by atoms with van der Waals surface area (Å²) < 4.78 is 21.0. The first-order valence-corrected chi connectivity index (χ1v) is 9.75. The average molecular weight is 428 g/mol. The Bertz CT molecular complexity index is 1040. The van der Waals surface area contributed by atoms with E-state index in [4.69, 9.17) is 18.9 Å². The van der Waals surface area contributed by atoms with Crippen LogP contribution in [0.5, 0.6) is 17.2 Å². The van der Waals surface area contributed by atoms with Gasteiger partial charge in [0.25, 0.3) is 5.91 Å². The second-order valence-corrected chi connectivity index (χ2v) is 6.71. The second kappa shape index (κ2) is 9.75. The van der Waals surface area contributed by atoms with Crippen LogP contribution in [0.15, 0.2) is 47.3 Å². The van der Waals surface area contributed by atoms with E-state index >= 15 is 0 Å². The van der Waals surface area contributed by atoms with Gasteiger partial charge in [-0.1, -0.05) is 0 Å². The van der Waals surface area contributed by atoms with Crippen molar-refractivity contribution in [2.75, 3.05) is 26.6 Å². The number of rotatable bonds is 8. The van der Waals surface area contributed by atoms with Crippen LogP contribution in [0.3, 0.4) is 0 Å². The standard InChI is InChI=1S/C21H20N2O6S/c1-26-15-5-6-17(16(9-15)21(25)28-3)23-20(24)13-4-7-18(19(8-13)27-2)29-10-14-11-30-12-22-14/h4-9,11-12H,10H2,1-3H3,(H,23,24). The van der Waals surface area contributed by atoms with Crippen LogP contribution in [0.25, 0.3) is 0 Å². The molecular weight excluding hydrogens is 408 g/mol. The topological polar surface area (TPSA) is 96.0 Å². The number of hydrogen-bond acceptors (Lipinski definition) is 8. The lowest BCUT2D eigenvalue weighted by atomic mass is 10.1. The molecule has 0 aliphatic rings. The third kappa shape index (κ3) is 4.87. The van der Waals surface area contributed by atoms with Crippen molar-refractivity contribution >= 4 is 28.9 Å². The molecule has 3 aromatic rings. The fourth-order valence-electron chi connectivity index (χ4n) is 2.62. The summed E-state index contributed by atoms with van der Waals surface area (Å²) in [6, 6.07) is 9.53. The molecule has 0 atom stereocenters. The Kier molecular flexibility index (Phi) is 6.87. The average Bonchev–Trinajstić information content (AvgIpc) is 3.30. The first-order valence-electron chi connectivity index (χ1n) is 8.81. The summed E-state index contributed by atoms with van der Waals surface area (Å²) in [6.45, 7) is 0.291. The minimum absolute atomic E-state index is 0.181. The number of methoxy groups -OCH3 is 3. The highest BCUT2D eigenvalue weighted by Crippen LogP contribution is 2.30. The first-order chi connectivity index (χ1) is 14.5. The molecule has 9 heteroatoms. The molecule has 8 nitrogen and oxygen atoms in total. The summed E-state index contributed by atoms with van der Waals surface area (Å²) in [7, 11) is 4.24. The number of amides is 1. The van der Waals surface area contributed by atoms with Crippen LogP contribution in [0.4, 0.5) is 5.69 Å². The monoisotopic (exact) mass is 428 g/mol. The quantitative estimate of drug-likeness (QED) is 0.546. The minimum Gasteiger partial charge on any atom is -0.497 e. The van der Waals surface area contributed by atoms with E-state index in [9.17, 15) is 9.59 Å². The molecule has 1 amide bonds. The SMILES string of the molecule is COC(=O)c1cc(OC)ccc1NC(=O)c1ccc(OCc2cscn2)c(OC)c1. The third-order valence-corrected chi connectivity index (χ3v) is 4.80. The van der Waals surface area contributed by atoms with Crippen molar-refractivity contribution in [1.82, 2.24) is 4.98 Å². The molecule has 0 saturated carbocycles. The number of thiazole rings is 1.